The van der Waals surface area contributed by atoms with E-state index in [0.717, 1.165) is 37.8 Å². The molecule has 1 N–H and O–H groups in total. The second-order valence-corrected chi connectivity index (χ2v) is 5.56. The number of rotatable bonds is 6. The molecular formula is C14H26N4O. The van der Waals surface area contributed by atoms with E-state index >= 15 is 0 Å². The number of hydrogen-bond donors (Lipinski definition) is 1. The lowest BCUT2D eigenvalue weighted by Gasteiger charge is -2.31. The quantitative estimate of drug-likeness (QED) is 0.857. The van der Waals surface area contributed by atoms with Crippen LogP contribution in [-0.2, 0) is 17.7 Å². The third kappa shape index (κ3) is 4.28. The molecule has 0 spiro atoms. The second-order valence-electron chi connectivity index (χ2n) is 5.56. The minimum absolute atomic E-state index is 0.379. The van der Waals surface area contributed by atoms with E-state index in [1.807, 2.05) is 0 Å². The summed E-state index contributed by atoms with van der Waals surface area (Å²) >= 11 is 0. The molecule has 0 unspecified atom stereocenters. The topological polar surface area (TPSA) is 54.0 Å². The van der Waals surface area contributed by atoms with Crippen LogP contribution in [-0.4, -0.2) is 45.4 Å². The number of hydrogen-bond acceptors (Lipinski definition) is 4. The Balaban J connectivity index is 1.91. The summed E-state index contributed by atoms with van der Waals surface area (Å²) in [7, 11) is 0. The van der Waals surface area contributed by atoms with Crippen LogP contribution in [0.25, 0.3) is 0 Å². The Morgan fingerprint density at radius 2 is 2.26 bits per heavy atom. The molecule has 0 amide bonds. The first-order chi connectivity index (χ1) is 9.19. The van der Waals surface area contributed by atoms with Crippen molar-refractivity contribution in [2.45, 2.75) is 65.1 Å². The molecule has 0 aliphatic carbocycles. The Kier molecular flexibility index (Phi) is 5.34. The molecule has 0 saturated carbocycles. The van der Waals surface area contributed by atoms with Crippen molar-refractivity contribution in [2.24, 2.45) is 0 Å². The summed E-state index contributed by atoms with van der Waals surface area (Å²) in [4.78, 5) is 6.91. The molecule has 1 aliphatic heterocycles. The minimum atomic E-state index is 0.379. The Morgan fingerprint density at radius 3 is 2.84 bits per heavy atom. The number of nitrogens with zero attached hydrogens (tertiary/aromatic N) is 3. The number of aromatic amines is 1. The van der Waals surface area contributed by atoms with Crippen LogP contribution in [0.4, 0.5) is 0 Å². The fourth-order valence-corrected chi connectivity index (χ4v) is 2.43. The highest BCUT2D eigenvalue weighted by atomic mass is 16.5. The van der Waals surface area contributed by atoms with Crippen molar-refractivity contribution in [2.75, 3.05) is 13.2 Å². The zero-order valence-corrected chi connectivity index (χ0v) is 12.4. The minimum Gasteiger partial charge on any atom is -0.377 e. The molecular weight excluding hydrogens is 240 g/mol. The van der Waals surface area contributed by atoms with E-state index in [0.29, 0.717) is 12.1 Å². The molecule has 0 aromatic carbocycles. The van der Waals surface area contributed by atoms with Gasteiger partial charge in [0, 0.05) is 25.6 Å². The first kappa shape index (κ1) is 14.5. The Morgan fingerprint density at radius 1 is 1.42 bits per heavy atom. The van der Waals surface area contributed by atoms with Gasteiger partial charge in [-0.1, -0.05) is 6.92 Å². The Hall–Kier alpha value is -0.940. The number of aryl methyl sites for hydroxylation is 1. The fourth-order valence-electron chi connectivity index (χ4n) is 2.43. The van der Waals surface area contributed by atoms with Gasteiger partial charge >= 0.3 is 0 Å². The van der Waals surface area contributed by atoms with Gasteiger partial charge in [-0.3, -0.25) is 10.00 Å². The highest BCUT2D eigenvalue weighted by Crippen LogP contribution is 2.16. The Bertz CT molecular complexity index is 371. The predicted octanol–water partition coefficient (Wildman–Crippen LogP) is 2.15. The van der Waals surface area contributed by atoms with Gasteiger partial charge in [0.25, 0.3) is 0 Å². The van der Waals surface area contributed by atoms with Crippen molar-refractivity contribution in [1.29, 1.82) is 0 Å². The predicted molar refractivity (Wildman–Crippen MR) is 74.9 cm³/mol. The van der Waals surface area contributed by atoms with Crippen LogP contribution >= 0.6 is 0 Å². The summed E-state index contributed by atoms with van der Waals surface area (Å²) in [5.74, 6) is 1.86. The van der Waals surface area contributed by atoms with Crippen molar-refractivity contribution in [3.8, 4) is 0 Å². The zero-order valence-electron chi connectivity index (χ0n) is 12.4. The molecule has 1 fully saturated rings. The van der Waals surface area contributed by atoms with Gasteiger partial charge in [0.2, 0.25) is 0 Å². The van der Waals surface area contributed by atoms with Crippen LogP contribution in [0.5, 0.6) is 0 Å². The second kappa shape index (κ2) is 7.01. The molecule has 1 atom stereocenters. The van der Waals surface area contributed by atoms with E-state index < -0.39 is 0 Å². The lowest BCUT2D eigenvalue weighted by molar-refractivity contribution is -0.0134. The normalized spacial score (nSPS) is 20.4. The first-order valence-electron chi connectivity index (χ1n) is 7.44. The smallest absolute Gasteiger partial charge is 0.150 e. The Labute approximate surface area is 115 Å². The molecule has 1 saturated heterocycles. The van der Waals surface area contributed by atoms with Crippen LogP contribution < -0.4 is 0 Å². The first-order valence-corrected chi connectivity index (χ1v) is 7.44. The van der Waals surface area contributed by atoms with Crippen molar-refractivity contribution in [3.63, 3.8) is 0 Å². The van der Waals surface area contributed by atoms with Crippen molar-refractivity contribution < 1.29 is 4.74 Å². The molecule has 19 heavy (non-hydrogen) atoms. The summed E-state index contributed by atoms with van der Waals surface area (Å²) < 4.78 is 5.83. The summed E-state index contributed by atoms with van der Waals surface area (Å²) in [5.41, 5.74) is 0. The van der Waals surface area contributed by atoms with Gasteiger partial charge < -0.3 is 4.74 Å². The van der Waals surface area contributed by atoms with E-state index in [2.05, 4.69) is 40.9 Å². The standard InChI is InChI=1S/C14H26N4O/c1-4-13-15-14(17-16-13)10-18(11(2)3)9-12-7-5-6-8-19-12/h11-12H,4-10H2,1-3H3,(H,15,16,17)/t12-/m1/s1. The van der Waals surface area contributed by atoms with E-state index in [4.69, 9.17) is 4.74 Å². The average Bonchev–Trinajstić information content (AvgIpc) is 2.87. The summed E-state index contributed by atoms with van der Waals surface area (Å²) in [6, 6.07) is 0.487. The van der Waals surface area contributed by atoms with Crippen LogP contribution in [0.1, 0.15) is 51.7 Å². The van der Waals surface area contributed by atoms with Gasteiger partial charge in [0.1, 0.15) is 11.6 Å². The van der Waals surface area contributed by atoms with Crippen LogP contribution in [0.15, 0.2) is 0 Å². The van der Waals surface area contributed by atoms with Gasteiger partial charge in [-0.25, -0.2) is 4.98 Å². The summed E-state index contributed by atoms with van der Waals surface area (Å²) in [6.45, 7) is 9.24. The maximum absolute atomic E-state index is 5.83. The maximum atomic E-state index is 5.83. The molecule has 0 bridgehead atoms. The third-order valence-electron chi connectivity index (χ3n) is 3.69. The molecule has 5 nitrogen and oxygen atoms in total. The van der Waals surface area contributed by atoms with Crippen molar-refractivity contribution in [3.05, 3.63) is 11.6 Å². The average molecular weight is 266 g/mol. The van der Waals surface area contributed by atoms with E-state index in [-0.39, 0.29) is 0 Å². The lowest BCUT2D eigenvalue weighted by atomic mass is 10.1. The number of nitrogens with one attached hydrogen (secondary N) is 1. The fraction of sp³-hybridized carbons (Fsp3) is 0.857. The van der Waals surface area contributed by atoms with Crippen molar-refractivity contribution in [1.82, 2.24) is 20.1 Å². The highest BCUT2D eigenvalue weighted by Gasteiger charge is 2.20. The monoisotopic (exact) mass is 266 g/mol. The van der Waals surface area contributed by atoms with E-state index in [1.165, 1.54) is 19.3 Å². The van der Waals surface area contributed by atoms with Crippen LogP contribution in [0, 0.1) is 0 Å². The van der Waals surface area contributed by atoms with Gasteiger partial charge in [-0.15, -0.1) is 0 Å². The maximum Gasteiger partial charge on any atom is 0.150 e. The van der Waals surface area contributed by atoms with Gasteiger partial charge in [-0.05, 0) is 33.1 Å². The molecule has 108 valence electrons. The molecule has 1 aliphatic rings. The third-order valence-corrected chi connectivity index (χ3v) is 3.69. The van der Waals surface area contributed by atoms with Crippen molar-refractivity contribution >= 4 is 0 Å². The van der Waals surface area contributed by atoms with Gasteiger partial charge in [0.05, 0.1) is 12.6 Å². The largest absolute Gasteiger partial charge is 0.377 e. The number of H-pyrrole nitrogens is 1. The molecule has 2 rings (SSSR count). The van der Waals surface area contributed by atoms with Crippen LogP contribution in [0.2, 0.25) is 0 Å². The van der Waals surface area contributed by atoms with E-state index in [1.54, 1.807) is 0 Å². The molecule has 0 radical (unpaired) electrons. The molecule has 2 heterocycles. The lowest BCUT2D eigenvalue weighted by Crippen LogP contribution is -2.39. The summed E-state index contributed by atoms with van der Waals surface area (Å²) in [6.07, 6.45) is 4.94. The van der Waals surface area contributed by atoms with Crippen LogP contribution in [0.3, 0.4) is 0 Å². The highest BCUT2D eigenvalue weighted by molar-refractivity contribution is 4.90. The number of ether oxygens (including phenoxy) is 1. The van der Waals surface area contributed by atoms with E-state index in [9.17, 15) is 0 Å². The SMILES string of the molecule is CCc1n[nH]c(CN(C[C@H]2CCCCO2)C(C)C)n1. The molecule has 1 aromatic rings. The molecule has 1 aromatic heterocycles. The summed E-state index contributed by atoms with van der Waals surface area (Å²) in [5, 5.41) is 7.24. The molecule has 5 heteroatoms. The number of aromatic nitrogens is 3. The zero-order chi connectivity index (χ0) is 13.7. The van der Waals surface area contributed by atoms with Gasteiger partial charge in [0.15, 0.2) is 0 Å². The van der Waals surface area contributed by atoms with Gasteiger partial charge in [-0.2, -0.15) is 5.10 Å².